The highest BCUT2D eigenvalue weighted by Crippen LogP contribution is 2.26. The van der Waals surface area contributed by atoms with Crippen molar-refractivity contribution in [2.45, 2.75) is 6.92 Å². The molecule has 2 aromatic heterocycles. The molecule has 0 bridgehead atoms. The van der Waals surface area contributed by atoms with Gasteiger partial charge in [0.25, 0.3) is 11.8 Å². The SMILES string of the molecule is Cc1cc(-c2ccc3[nH]c(C(=O)NNC(=O)c4ccncc4)cc3c2)ccc1F. The Morgan fingerprint density at radius 2 is 1.59 bits per heavy atom. The number of amides is 2. The molecule has 144 valence electrons. The van der Waals surface area contributed by atoms with E-state index in [-0.39, 0.29) is 5.82 Å². The van der Waals surface area contributed by atoms with E-state index >= 15 is 0 Å². The lowest BCUT2D eigenvalue weighted by molar-refractivity contribution is 0.0844. The molecule has 2 heterocycles. The molecule has 4 rings (SSSR count). The average Bonchev–Trinajstić information content (AvgIpc) is 3.18. The summed E-state index contributed by atoms with van der Waals surface area (Å²) in [6.07, 6.45) is 2.99. The van der Waals surface area contributed by atoms with Gasteiger partial charge < -0.3 is 4.98 Å². The first-order valence-electron chi connectivity index (χ1n) is 8.91. The van der Waals surface area contributed by atoms with Crippen molar-refractivity contribution in [2.24, 2.45) is 0 Å². The monoisotopic (exact) mass is 388 g/mol. The lowest BCUT2D eigenvalue weighted by atomic mass is 10.0. The number of benzene rings is 2. The van der Waals surface area contributed by atoms with Gasteiger partial charge in [-0.05, 0) is 66.1 Å². The second-order valence-electron chi connectivity index (χ2n) is 6.59. The average molecular weight is 388 g/mol. The van der Waals surface area contributed by atoms with Crippen LogP contribution in [0.3, 0.4) is 0 Å². The number of rotatable bonds is 3. The number of carbonyl (C=O) groups is 2. The van der Waals surface area contributed by atoms with Crippen LogP contribution in [0.5, 0.6) is 0 Å². The molecule has 0 radical (unpaired) electrons. The van der Waals surface area contributed by atoms with E-state index in [1.54, 1.807) is 37.3 Å². The van der Waals surface area contributed by atoms with Crippen LogP contribution < -0.4 is 10.9 Å². The van der Waals surface area contributed by atoms with E-state index in [2.05, 4.69) is 20.8 Å². The van der Waals surface area contributed by atoms with Crippen LogP contribution in [-0.2, 0) is 0 Å². The Morgan fingerprint density at radius 1 is 0.897 bits per heavy atom. The van der Waals surface area contributed by atoms with Crippen molar-refractivity contribution in [3.8, 4) is 11.1 Å². The molecule has 3 N–H and O–H groups in total. The number of carbonyl (C=O) groups excluding carboxylic acids is 2. The number of pyridine rings is 1. The number of aryl methyl sites for hydroxylation is 1. The van der Waals surface area contributed by atoms with Gasteiger partial charge in [0.05, 0.1) is 0 Å². The van der Waals surface area contributed by atoms with Crippen LogP contribution in [0, 0.1) is 12.7 Å². The highest BCUT2D eigenvalue weighted by molar-refractivity contribution is 6.01. The molecule has 0 aliphatic heterocycles. The van der Waals surface area contributed by atoms with Crippen molar-refractivity contribution in [1.29, 1.82) is 0 Å². The number of fused-ring (bicyclic) bond motifs is 1. The second kappa shape index (κ2) is 7.55. The zero-order valence-corrected chi connectivity index (χ0v) is 15.5. The Labute approximate surface area is 165 Å². The smallest absolute Gasteiger partial charge is 0.286 e. The Balaban J connectivity index is 1.52. The molecule has 4 aromatic rings. The molecule has 2 amide bonds. The van der Waals surface area contributed by atoms with Gasteiger partial charge in [0, 0.05) is 28.9 Å². The Kier molecular flexibility index (Phi) is 4.78. The highest BCUT2D eigenvalue weighted by Gasteiger charge is 2.12. The molecule has 0 aliphatic carbocycles. The van der Waals surface area contributed by atoms with Crippen LogP contribution in [-0.4, -0.2) is 21.8 Å². The molecule has 6 nitrogen and oxygen atoms in total. The number of aromatic amines is 1. The van der Waals surface area contributed by atoms with Crippen LogP contribution in [0.4, 0.5) is 4.39 Å². The zero-order valence-electron chi connectivity index (χ0n) is 15.5. The summed E-state index contributed by atoms with van der Waals surface area (Å²) in [4.78, 5) is 31.3. The molecule has 0 saturated heterocycles. The largest absolute Gasteiger partial charge is 0.350 e. The fourth-order valence-corrected chi connectivity index (χ4v) is 3.02. The first kappa shape index (κ1) is 18.4. The van der Waals surface area contributed by atoms with Crippen molar-refractivity contribution in [2.75, 3.05) is 0 Å². The van der Waals surface area contributed by atoms with Crippen molar-refractivity contribution in [3.63, 3.8) is 0 Å². The van der Waals surface area contributed by atoms with E-state index in [1.807, 2.05) is 18.2 Å². The van der Waals surface area contributed by atoms with E-state index in [4.69, 9.17) is 0 Å². The summed E-state index contributed by atoms with van der Waals surface area (Å²) in [5.74, 6) is -1.15. The number of hydrogen-bond acceptors (Lipinski definition) is 3. The first-order valence-corrected chi connectivity index (χ1v) is 8.91. The fourth-order valence-electron chi connectivity index (χ4n) is 3.02. The molecule has 0 atom stereocenters. The van der Waals surface area contributed by atoms with Crippen LogP contribution in [0.1, 0.15) is 26.4 Å². The molecule has 0 unspecified atom stereocenters. The van der Waals surface area contributed by atoms with Gasteiger partial charge in [0.15, 0.2) is 0 Å². The lowest BCUT2D eigenvalue weighted by Crippen LogP contribution is -2.41. The number of nitrogens with one attached hydrogen (secondary N) is 3. The minimum atomic E-state index is -0.470. The molecular weight excluding hydrogens is 371 g/mol. The molecule has 29 heavy (non-hydrogen) atoms. The highest BCUT2D eigenvalue weighted by atomic mass is 19.1. The molecule has 2 aromatic carbocycles. The Bertz CT molecular complexity index is 1220. The number of hydrazine groups is 1. The van der Waals surface area contributed by atoms with Crippen molar-refractivity contribution < 1.29 is 14.0 Å². The molecular formula is C22H17FN4O2. The third-order valence-corrected chi connectivity index (χ3v) is 4.59. The van der Waals surface area contributed by atoms with Gasteiger partial charge in [-0.15, -0.1) is 0 Å². The van der Waals surface area contributed by atoms with E-state index in [0.29, 0.717) is 16.8 Å². The Morgan fingerprint density at radius 3 is 2.34 bits per heavy atom. The summed E-state index contributed by atoms with van der Waals surface area (Å²) in [7, 11) is 0. The summed E-state index contributed by atoms with van der Waals surface area (Å²) >= 11 is 0. The maximum absolute atomic E-state index is 13.5. The maximum Gasteiger partial charge on any atom is 0.286 e. The minimum Gasteiger partial charge on any atom is -0.350 e. The molecule has 0 spiro atoms. The van der Waals surface area contributed by atoms with Crippen molar-refractivity contribution >= 4 is 22.7 Å². The summed E-state index contributed by atoms with van der Waals surface area (Å²) < 4.78 is 13.5. The van der Waals surface area contributed by atoms with Crippen molar-refractivity contribution in [3.05, 3.63) is 89.6 Å². The predicted octanol–water partition coefficient (Wildman–Crippen LogP) is 3.75. The number of H-pyrrole nitrogens is 1. The third kappa shape index (κ3) is 3.84. The quantitative estimate of drug-likeness (QED) is 0.467. The summed E-state index contributed by atoms with van der Waals surface area (Å²) in [6, 6.07) is 15.4. The number of hydrogen-bond donors (Lipinski definition) is 3. The fraction of sp³-hybridized carbons (Fsp3) is 0.0455. The summed E-state index contributed by atoms with van der Waals surface area (Å²) in [5, 5.41) is 0.829. The number of nitrogens with zero attached hydrogens (tertiary/aromatic N) is 1. The van der Waals surface area contributed by atoms with Gasteiger partial charge in [-0.3, -0.25) is 25.4 Å². The summed E-state index contributed by atoms with van der Waals surface area (Å²) in [5.41, 5.74) is 8.60. The van der Waals surface area contributed by atoms with Gasteiger partial charge in [-0.25, -0.2) is 4.39 Å². The van der Waals surface area contributed by atoms with Gasteiger partial charge in [0.1, 0.15) is 11.5 Å². The van der Waals surface area contributed by atoms with Gasteiger partial charge in [-0.1, -0.05) is 12.1 Å². The summed E-state index contributed by atoms with van der Waals surface area (Å²) in [6.45, 7) is 1.72. The molecule has 0 saturated carbocycles. The molecule has 7 heteroatoms. The molecule has 0 fully saturated rings. The standard InChI is InChI=1S/C22H17FN4O2/c1-13-10-15(2-4-18(13)23)16-3-5-19-17(11-16)12-20(25-19)22(29)27-26-21(28)14-6-8-24-9-7-14/h2-12,25H,1H3,(H,26,28)(H,27,29). The van der Waals surface area contributed by atoms with Gasteiger partial charge in [0.2, 0.25) is 0 Å². The van der Waals surface area contributed by atoms with Gasteiger partial charge in [-0.2, -0.15) is 0 Å². The Hall–Kier alpha value is -4.00. The van der Waals surface area contributed by atoms with E-state index < -0.39 is 11.8 Å². The van der Waals surface area contributed by atoms with Crippen LogP contribution >= 0.6 is 0 Å². The lowest BCUT2D eigenvalue weighted by Gasteiger charge is -2.05. The van der Waals surface area contributed by atoms with E-state index in [9.17, 15) is 14.0 Å². The predicted molar refractivity (Wildman–Crippen MR) is 108 cm³/mol. The first-order chi connectivity index (χ1) is 14.0. The van der Waals surface area contributed by atoms with Crippen LogP contribution in [0.25, 0.3) is 22.0 Å². The maximum atomic E-state index is 13.5. The zero-order chi connectivity index (χ0) is 20.4. The minimum absolute atomic E-state index is 0.246. The van der Waals surface area contributed by atoms with Crippen LogP contribution in [0.15, 0.2) is 67.0 Å². The van der Waals surface area contributed by atoms with E-state index in [1.165, 1.54) is 18.5 Å². The number of halogens is 1. The topological polar surface area (TPSA) is 86.9 Å². The van der Waals surface area contributed by atoms with E-state index in [0.717, 1.165) is 22.0 Å². The third-order valence-electron chi connectivity index (χ3n) is 4.59. The van der Waals surface area contributed by atoms with Gasteiger partial charge >= 0.3 is 0 Å². The number of aromatic nitrogens is 2. The normalized spacial score (nSPS) is 10.7. The van der Waals surface area contributed by atoms with Crippen LogP contribution in [0.2, 0.25) is 0 Å². The molecule has 0 aliphatic rings. The second-order valence-corrected chi connectivity index (χ2v) is 6.59. The van der Waals surface area contributed by atoms with Crippen molar-refractivity contribution in [1.82, 2.24) is 20.8 Å².